The molecule has 2 amide bonds. The number of piperazine rings is 1. The maximum Gasteiger partial charge on any atom is 0.234 e. The van der Waals surface area contributed by atoms with Crippen LogP contribution in [-0.4, -0.2) is 60.9 Å². The van der Waals surface area contributed by atoms with E-state index in [0.29, 0.717) is 32.6 Å². The zero-order valence-corrected chi connectivity index (χ0v) is 17.5. The first-order chi connectivity index (χ1) is 14.0. The highest BCUT2D eigenvalue weighted by Gasteiger charge is 2.22. The summed E-state index contributed by atoms with van der Waals surface area (Å²) in [5.74, 6) is 0.217. The van der Waals surface area contributed by atoms with Crippen LogP contribution in [0.1, 0.15) is 22.3 Å². The molecule has 1 aliphatic heterocycles. The van der Waals surface area contributed by atoms with Crippen molar-refractivity contribution in [2.75, 3.05) is 39.3 Å². The molecule has 2 aromatic rings. The minimum atomic E-state index is 0.0537. The zero-order valence-electron chi connectivity index (χ0n) is 17.5. The third-order valence-electron chi connectivity index (χ3n) is 5.55. The zero-order chi connectivity index (χ0) is 20.6. The van der Waals surface area contributed by atoms with Crippen molar-refractivity contribution in [3.8, 4) is 0 Å². The summed E-state index contributed by atoms with van der Waals surface area (Å²) in [4.78, 5) is 28.8. The number of hydrogen-bond acceptors (Lipinski definition) is 3. The predicted molar refractivity (Wildman–Crippen MR) is 116 cm³/mol. The first-order valence-electron chi connectivity index (χ1n) is 10.4. The fraction of sp³-hybridized carbons (Fsp3) is 0.417. The van der Waals surface area contributed by atoms with Gasteiger partial charge in [0.1, 0.15) is 0 Å². The van der Waals surface area contributed by atoms with Crippen LogP contribution in [0.25, 0.3) is 0 Å². The van der Waals surface area contributed by atoms with Gasteiger partial charge in [-0.2, -0.15) is 0 Å². The first-order valence-corrected chi connectivity index (χ1v) is 10.4. The van der Waals surface area contributed by atoms with Gasteiger partial charge in [-0.3, -0.25) is 14.5 Å². The molecule has 1 heterocycles. The van der Waals surface area contributed by atoms with Crippen LogP contribution in [0.5, 0.6) is 0 Å². The van der Waals surface area contributed by atoms with Crippen LogP contribution in [-0.2, 0) is 22.4 Å². The molecular formula is C24H31N3O2. The monoisotopic (exact) mass is 393 g/mol. The Labute approximate surface area is 173 Å². The summed E-state index contributed by atoms with van der Waals surface area (Å²) in [6, 6.07) is 16.4. The van der Waals surface area contributed by atoms with Gasteiger partial charge in [-0.15, -0.1) is 0 Å². The number of nitrogens with zero attached hydrogens (tertiary/aromatic N) is 2. The van der Waals surface area contributed by atoms with Gasteiger partial charge >= 0.3 is 0 Å². The van der Waals surface area contributed by atoms with Crippen molar-refractivity contribution < 1.29 is 9.59 Å². The Kier molecular flexibility index (Phi) is 7.42. The highest BCUT2D eigenvalue weighted by Crippen LogP contribution is 2.09. The molecular weight excluding hydrogens is 362 g/mol. The summed E-state index contributed by atoms with van der Waals surface area (Å²) in [5.41, 5.74) is 4.78. The Morgan fingerprint density at radius 3 is 2.31 bits per heavy atom. The summed E-state index contributed by atoms with van der Waals surface area (Å²) >= 11 is 0. The van der Waals surface area contributed by atoms with Crippen molar-refractivity contribution in [1.29, 1.82) is 0 Å². The van der Waals surface area contributed by atoms with E-state index in [1.54, 1.807) is 0 Å². The van der Waals surface area contributed by atoms with Gasteiger partial charge in [0.05, 0.1) is 13.0 Å². The van der Waals surface area contributed by atoms with Gasteiger partial charge in [-0.1, -0.05) is 54.1 Å². The molecule has 1 N–H and O–H groups in total. The Balaban J connectivity index is 1.35. The van der Waals surface area contributed by atoms with Gasteiger partial charge < -0.3 is 10.2 Å². The van der Waals surface area contributed by atoms with Crippen LogP contribution in [0.4, 0.5) is 0 Å². The molecule has 1 aliphatic rings. The van der Waals surface area contributed by atoms with Gasteiger partial charge in [0.15, 0.2) is 0 Å². The second kappa shape index (κ2) is 10.2. The van der Waals surface area contributed by atoms with Crippen LogP contribution in [0.3, 0.4) is 0 Å². The van der Waals surface area contributed by atoms with Crippen LogP contribution in [0.2, 0.25) is 0 Å². The van der Waals surface area contributed by atoms with Crippen molar-refractivity contribution in [2.24, 2.45) is 0 Å². The fourth-order valence-electron chi connectivity index (χ4n) is 3.63. The first kappa shape index (κ1) is 21.1. The molecule has 2 aromatic carbocycles. The topological polar surface area (TPSA) is 52.7 Å². The number of benzene rings is 2. The molecule has 154 valence electrons. The van der Waals surface area contributed by atoms with E-state index in [4.69, 9.17) is 0 Å². The summed E-state index contributed by atoms with van der Waals surface area (Å²) < 4.78 is 0. The number of carbonyl (C=O) groups is 2. The minimum Gasteiger partial charge on any atom is -0.355 e. The SMILES string of the molecule is Cc1ccc(CC(=O)N2CCN(CC(=O)NCCc3ccccc3C)CC2)cc1. The van der Waals surface area contributed by atoms with E-state index in [1.165, 1.54) is 16.7 Å². The summed E-state index contributed by atoms with van der Waals surface area (Å²) in [6.45, 7) is 8.03. The average Bonchev–Trinajstić information content (AvgIpc) is 2.71. The molecule has 0 spiro atoms. The van der Waals surface area contributed by atoms with Gasteiger partial charge in [0.2, 0.25) is 11.8 Å². The molecule has 1 fully saturated rings. The summed E-state index contributed by atoms with van der Waals surface area (Å²) in [7, 11) is 0. The third-order valence-corrected chi connectivity index (χ3v) is 5.55. The average molecular weight is 394 g/mol. The van der Waals surface area contributed by atoms with Crippen molar-refractivity contribution in [3.63, 3.8) is 0 Å². The van der Waals surface area contributed by atoms with E-state index < -0.39 is 0 Å². The highest BCUT2D eigenvalue weighted by molar-refractivity contribution is 5.79. The number of nitrogens with one attached hydrogen (secondary N) is 1. The molecule has 0 radical (unpaired) electrons. The number of carbonyl (C=O) groups excluding carboxylic acids is 2. The quantitative estimate of drug-likeness (QED) is 0.786. The number of amides is 2. The van der Waals surface area contributed by atoms with Crippen molar-refractivity contribution in [1.82, 2.24) is 15.1 Å². The molecule has 0 aromatic heterocycles. The lowest BCUT2D eigenvalue weighted by Gasteiger charge is -2.34. The van der Waals surface area contributed by atoms with E-state index in [0.717, 1.165) is 25.1 Å². The van der Waals surface area contributed by atoms with E-state index >= 15 is 0 Å². The molecule has 3 rings (SSSR count). The van der Waals surface area contributed by atoms with E-state index in [-0.39, 0.29) is 11.8 Å². The Bertz CT molecular complexity index is 824. The van der Waals surface area contributed by atoms with Crippen LogP contribution < -0.4 is 5.32 Å². The van der Waals surface area contributed by atoms with Crippen molar-refractivity contribution in [3.05, 3.63) is 70.8 Å². The smallest absolute Gasteiger partial charge is 0.234 e. The van der Waals surface area contributed by atoms with Crippen molar-refractivity contribution >= 4 is 11.8 Å². The third kappa shape index (κ3) is 6.43. The lowest BCUT2D eigenvalue weighted by molar-refractivity contribution is -0.132. The molecule has 29 heavy (non-hydrogen) atoms. The minimum absolute atomic E-state index is 0.0537. The molecule has 1 saturated heterocycles. The van der Waals surface area contributed by atoms with Gasteiger partial charge in [-0.05, 0) is 37.0 Å². The number of aryl methyl sites for hydroxylation is 2. The van der Waals surface area contributed by atoms with E-state index in [2.05, 4.69) is 29.3 Å². The molecule has 0 aliphatic carbocycles. The van der Waals surface area contributed by atoms with Gasteiger partial charge in [0, 0.05) is 32.7 Å². The number of hydrogen-bond donors (Lipinski definition) is 1. The second-order valence-electron chi connectivity index (χ2n) is 7.85. The van der Waals surface area contributed by atoms with Crippen molar-refractivity contribution in [2.45, 2.75) is 26.7 Å². The lowest BCUT2D eigenvalue weighted by atomic mass is 10.1. The highest BCUT2D eigenvalue weighted by atomic mass is 16.2. The van der Waals surface area contributed by atoms with Crippen LogP contribution in [0, 0.1) is 13.8 Å². The summed E-state index contributed by atoms with van der Waals surface area (Å²) in [6.07, 6.45) is 1.29. The molecule has 5 heteroatoms. The van der Waals surface area contributed by atoms with Crippen LogP contribution >= 0.6 is 0 Å². The predicted octanol–water partition coefficient (Wildman–Crippen LogP) is 2.35. The Morgan fingerprint density at radius 1 is 0.931 bits per heavy atom. The van der Waals surface area contributed by atoms with Gasteiger partial charge in [-0.25, -0.2) is 0 Å². The van der Waals surface area contributed by atoms with E-state index in [1.807, 2.05) is 48.2 Å². The second-order valence-corrected chi connectivity index (χ2v) is 7.85. The molecule has 0 saturated carbocycles. The lowest BCUT2D eigenvalue weighted by Crippen LogP contribution is -2.51. The fourth-order valence-corrected chi connectivity index (χ4v) is 3.63. The molecule has 5 nitrogen and oxygen atoms in total. The van der Waals surface area contributed by atoms with E-state index in [9.17, 15) is 9.59 Å². The number of rotatable bonds is 7. The summed E-state index contributed by atoms with van der Waals surface area (Å²) in [5, 5.41) is 3.02. The standard InChI is InChI=1S/C24H31N3O2/c1-19-7-9-21(10-8-19)17-24(29)27-15-13-26(14-16-27)18-23(28)25-12-11-22-6-4-3-5-20(22)2/h3-10H,11-18H2,1-2H3,(H,25,28). The normalized spacial score (nSPS) is 14.6. The Hall–Kier alpha value is -2.66. The molecule has 0 atom stereocenters. The largest absolute Gasteiger partial charge is 0.355 e. The maximum atomic E-state index is 12.5. The maximum absolute atomic E-state index is 12.5. The molecule has 0 bridgehead atoms. The van der Waals surface area contributed by atoms with Crippen LogP contribution in [0.15, 0.2) is 48.5 Å². The van der Waals surface area contributed by atoms with Gasteiger partial charge in [0.25, 0.3) is 0 Å². The molecule has 0 unspecified atom stereocenters. The Morgan fingerprint density at radius 2 is 1.62 bits per heavy atom.